The number of hydrogen-bond donors (Lipinski definition) is 1. The van der Waals surface area contributed by atoms with Gasteiger partial charge in [0.05, 0.1) is 33.5 Å². The van der Waals surface area contributed by atoms with Crippen LogP contribution in [0.2, 0.25) is 15.1 Å². The molecule has 0 atom stereocenters. The van der Waals surface area contributed by atoms with Crippen molar-refractivity contribution in [2.45, 2.75) is 26.9 Å². The lowest BCUT2D eigenvalue weighted by molar-refractivity contribution is -0.138. The lowest BCUT2D eigenvalue weighted by atomic mass is 10.2. The summed E-state index contributed by atoms with van der Waals surface area (Å²) in [4.78, 5) is 23.8. The highest BCUT2D eigenvalue weighted by Gasteiger charge is 2.23. The standard InChI is InChI=1S/C16H15Cl3N2O4/c1-4-24-15(22)9(6-20)7-21-11-5-10(17)13(18)12(14(11)19)16(23)25-8(2)3/h5,7-8,21H,4H2,1-3H3. The number of ether oxygens (including phenoxy) is 2. The zero-order valence-corrected chi connectivity index (χ0v) is 15.9. The van der Waals surface area contributed by atoms with Crippen molar-refractivity contribution in [1.29, 1.82) is 5.26 Å². The number of rotatable bonds is 6. The summed E-state index contributed by atoms with van der Waals surface area (Å²) in [6, 6.07) is 3.05. The van der Waals surface area contributed by atoms with Gasteiger partial charge in [-0.05, 0) is 26.8 Å². The molecule has 0 radical (unpaired) electrons. The molecule has 0 fully saturated rings. The number of halogens is 3. The van der Waals surface area contributed by atoms with Crippen LogP contribution in [-0.2, 0) is 14.3 Å². The molecule has 1 aromatic rings. The third-order valence-electron chi connectivity index (χ3n) is 2.69. The first kappa shape index (κ1) is 21.1. The Kier molecular flexibility index (Phi) is 8.04. The van der Waals surface area contributed by atoms with Gasteiger partial charge in [0.2, 0.25) is 0 Å². The molecule has 134 valence electrons. The molecule has 0 unspecified atom stereocenters. The molecule has 0 aromatic heterocycles. The molecule has 0 saturated heterocycles. The normalized spacial score (nSPS) is 11.0. The number of carbonyl (C=O) groups excluding carboxylic acids is 2. The first-order valence-electron chi connectivity index (χ1n) is 7.15. The van der Waals surface area contributed by atoms with Crippen LogP contribution >= 0.6 is 34.8 Å². The quantitative estimate of drug-likeness (QED) is 0.322. The predicted molar refractivity (Wildman–Crippen MR) is 96.0 cm³/mol. The fourth-order valence-electron chi connectivity index (χ4n) is 1.66. The van der Waals surface area contributed by atoms with Gasteiger partial charge in [-0.2, -0.15) is 5.26 Å². The van der Waals surface area contributed by atoms with Crippen molar-refractivity contribution in [3.8, 4) is 6.07 Å². The lowest BCUT2D eigenvalue weighted by Crippen LogP contribution is -2.13. The minimum absolute atomic E-state index is 0.0484. The van der Waals surface area contributed by atoms with E-state index >= 15 is 0 Å². The average molecular weight is 406 g/mol. The second-order valence-corrected chi connectivity index (χ2v) is 6.06. The number of carbonyl (C=O) groups is 2. The van der Waals surface area contributed by atoms with Crippen molar-refractivity contribution in [2.24, 2.45) is 0 Å². The van der Waals surface area contributed by atoms with Crippen LogP contribution in [0.4, 0.5) is 5.69 Å². The fourth-order valence-corrected chi connectivity index (χ4v) is 2.42. The zero-order valence-electron chi connectivity index (χ0n) is 13.7. The minimum atomic E-state index is -0.798. The van der Waals surface area contributed by atoms with E-state index in [2.05, 4.69) is 5.32 Å². The molecule has 25 heavy (non-hydrogen) atoms. The maximum atomic E-state index is 12.2. The topological polar surface area (TPSA) is 88.4 Å². The summed E-state index contributed by atoms with van der Waals surface area (Å²) in [6.45, 7) is 5.08. The highest BCUT2D eigenvalue weighted by Crippen LogP contribution is 2.38. The van der Waals surface area contributed by atoms with E-state index in [0.29, 0.717) is 0 Å². The number of nitrogens with one attached hydrogen (secondary N) is 1. The maximum Gasteiger partial charge on any atom is 0.350 e. The fraction of sp³-hybridized carbons (Fsp3) is 0.312. The Bertz CT molecular complexity index is 755. The molecule has 9 heteroatoms. The molecule has 0 aliphatic rings. The number of nitrogens with zero attached hydrogens (tertiary/aromatic N) is 1. The van der Waals surface area contributed by atoms with E-state index in [1.807, 2.05) is 0 Å². The number of anilines is 1. The van der Waals surface area contributed by atoms with Crippen LogP contribution in [0.3, 0.4) is 0 Å². The highest BCUT2D eigenvalue weighted by atomic mass is 35.5. The summed E-state index contributed by atoms with van der Waals surface area (Å²) >= 11 is 18.3. The maximum absolute atomic E-state index is 12.2. The van der Waals surface area contributed by atoms with Crippen molar-refractivity contribution in [2.75, 3.05) is 11.9 Å². The second-order valence-electron chi connectivity index (χ2n) is 4.90. The lowest BCUT2D eigenvalue weighted by Gasteiger charge is -2.14. The molecule has 0 bridgehead atoms. The second kappa shape index (κ2) is 9.52. The minimum Gasteiger partial charge on any atom is -0.462 e. The molecule has 0 aliphatic heterocycles. The molecule has 1 aromatic carbocycles. The van der Waals surface area contributed by atoms with E-state index in [0.717, 1.165) is 6.20 Å². The van der Waals surface area contributed by atoms with Crippen molar-refractivity contribution in [1.82, 2.24) is 0 Å². The van der Waals surface area contributed by atoms with Crippen LogP contribution < -0.4 is 5.32 Å². The summed E-state index contributed by atoms with van der Waals surface area (Å²) in [7, 11) is 0. The van der Waals surface area contributed by atoms with Crippen LogP contribution in [0, 0.1) is 11.3 Å². The van der Waals surface area contributed by atoms with Gasteiger partial charge < -0.3 is 14.8 Å². The number of hydrogen-bond acceptors (Lipinski definition) is 6. The molecule has 6 nitrogen and oxygen atoms in total. The van der Waals surface area contributed by atoms with Gasteiger partial charge >= 0.3 is 11.9 Å². The van der Waals surface area contributed by atoms with Crippen LogP contribution in [0.1, 0.15) is 31.1 Å². The molecular weight excluding hydrogens is 391 g/mol. The first-order valence-corrected chi connectivity index (χ1v) is 8.28. The zero-order chi connectivity index (χ0) is 19.1. The number of esters is 2. The predicted octanol–water partition coefficient (Wildman–Crippen LogP) is 4.59. The van der Waals surface area contributed by atoms with Crippen molar-refractivity contribution < 1.29 is 19.1 Å². The summed E-state index contributed by atoms with van der Waals surface area (Å²) in [5.41, 5.74) is -0.228. The molecular formula is C16H15Cl3N2O4. The van der Waals surface area contributed by atoms with Crippen LogP contribution in [-0.4, -0.2) is 24.6 Å². The Hall–Kier alpha value is -1.94. The highest BCUT2D eigenvalue weighted by molar-refractivity contribution is 6.47. The van der Waals surface area contributed by atoms with Crippen molar-refractivity contribution in [3.05, 3.63) is 38.5 Å². The Labute approximate surface area is 160 Å². The summed E-state index contributed by atoms with van der Waals surface area (Å²) in [5, 5.41) is 11.6. The van der Waals surface area contributed by atoms with Gasteiger partial charge in [0, 0.05) is 6.20 Å². The largest absolute Gasteiger partial charge is 0.462 e. The smallest absolute Gasteiger partial charge is 0.350 e. The van der Waals surface area contributed by atoms with Gasteiger partial charge in [0.25, 0.3) is 0 Å². The average Bonchev–Trinajstić information content (AvgIpc) is 2.52. The van der Waals surface area contributed by atoms with Crippen LogP contribution in [0.5, 0.6) is 0 Å². The van der Waals surface area contributed by atoms with E-state index < -0.39 is 11.9 Å². The Balaban J connectivity index is 3.26. The third kappa shape index (κ3) is 5.53. The van der Waals surface area contributed by atoms with E-state index in [1.165, 1.54) is 6.07 Å². The van der Waals surface area contributed by atoms with E-state index in [4.69, 9.17) is 49.5 Å². The number of benzene rings is 1. The molecule has 1 N–H and O–H groups in total. The molecule has 0 saturated carbocycles. The number of nitriles is 1. The summed E-state index contributed by atoms with van der Waals surface area (Å²) in [6.07, 6.45) is 0.713. The van der Waals surface area contributed by atoms with Crippen molar-refractivity contribution >= 4 is 52.4 Å². The van der Waals surface area contributed by atoms with Gasteiger partial charge in [0.15, 0.2) is 5.57 Å². The molecule has 0 aliphatic carbocycles. The monoisotopic (exact) mass is 404 g/mol. The molecule has 0 spiro atoms. The third-order valence-corrected chi connectivity index (χ3v) is 3.87. The van der Waals surface area contributed by atoms with Gasteiger partial charge in [-0.15, -0.1) is 0 Å². The first-order chi connectivity index (χ1) is 11.7. The van der Waals surface area contributed by atoms with Crippen LogP contribution in [0.25, 0.3) is 0 Å². The summed E-state index contributed by atoms with van der Waals surface area (Å²) < 4.78 is 9.83. The Morgan fingerprint density at radius 2 is 1.96 bits per heavy atom. The summed E-state index contributed by atoms with van der Waals surface area (Å²) in [5.74, 6) is -1.54. The Morgan fingerprint density at radius 3 is 2.48 bits per heavy atom. The van der Waals surface area contributed by atoms with E-state index in [-0.39, 0.29) is 44.6 Å². The molecule has 0 heterocycles. The van der Waals surface area contributed by atoms with Gasteiger partial charge in [-0.1, -0.05) is 34.8 Å². The van der Waals surface area contributed by atoms with Gasteiger partial charge in [-0.3, -0.25) is 0 Å². The van der Waals surface area contributed by atoms with Crippen LogP contribution in [0.15, 0.2) is 17.8 Å². The van der Waals surface area contributed by atoms with E-state index in [1.54, 1.807) is 26.8 Å². The van der Waals surface area contributed by atoms with Gasteiger partial charge in [-0.25, -0.2) is 9.59 Å². The molecule has 1 rings (SSSR count). The molecule has 0 amide bonds. The SMILES string of the molecule is CCOC(=O)C(C#N)=CNc1cc(Cl)c(Cl)c(C(=O)OC(C)C)c1Cl. The Morgan fingerprint density at radius 1 is 1.32 bits per heavy atom. The van der Waals surface area contributed by atoms with Crippen molar-refractivity contribution in [3.63, 3.8) is 0 Å². The van der Waals surface area contributed by atoms with E-state index in [9.17, 15) is 9.59 Å². The van der Waals surface area contributed by atoms with Gasteiger partial charge in [0.1, 0.15) is 11.6 Å².